The Kier molecular flexibility index (Phi) is 5.62. The molecule has 1 aromatic heterocycles. The molecule has 2 saturated heterocycles. The third kappa shape index (κ3) is 3.76. The van der Waals surface area contributed by atoms with Crippen molar-refractivity contribution in [2.24, 2.45) is 5.92 Å². The highest BCUT2D eigenvalue weighted by atomic mass is 16.5. The zero-order valence-corrected chi connectivity index (χ0v) is 15.8. The van der Waals surface area contributed by atoms with Crippen molar-refractivity contribution in [2.75, 3.05) is 62.9 Å². The Morgan fingerprint density at radius 1 is 1.35 bits per heavy atom. The summed E-state index contributed by atoms with van der Waals surface area (Å²) in [4.78, 5) is 25.4. The van der Waals surface area contributed by atoms with E-state index in [1.165, 1.54) is 0 Å². The SMILES string of the molecule is COCC1CCN(c2ncc(C(C)(C)C(=O)O)c(N3CCOCC3)n2)C1. The number of anilines is 2. The van der Waals surface area contributed by atoms with Crippen molar-refractivity contribution in [1.82, 2.24) is 9.97 Å². The number of carboxylic acids is 1. The van der Waals surface area contributed by atoms with Crippen LogP contribution in [0, 0.1) is 5.92 Å². The van der Waals surface area contributed by atoms with Crippen molar-refractivity contribution < 1.29 is 19.4 Å². The molecule has 3 rings (SSSR count). The van der Waals surface area contributed by atoms with E-state index < -0.39 is 11.4 Å². The Balaban J connectivity index is 1.93. The number of hydrogen-bond acceptors (Lipinski definition) is 7. The number of ether oxygens (including phenoxy) is 2. The second-order valence-corrected chi connectivity index (χ2v) is 7.49. The molecule has 0 aromatic carbocycles. The molecule has 1 aromatic rings. The molecule has 2 aliphatic rings. The molecule has 26 heavy (non-hydrogen) atoms. The van der Waals surface area contributed by atoms with Crippen LogP contribution < -0.4 is 9.80 Å². The fraction of sp³-hybridized carbons (Fsp3) is 0.722. The van der Waals surface area contributed by atoms with Gasteiger partial charge in [0.2, 0.25) is 5.95 Å². The summed E-state index contributed by atoms with van der Waals surface area (Å²) in [5.41, 5.74) is -0.418. The Bertz CT molecular complexity index is 646. The van der Waals surface area contributed by atoms with E-state index in [1.807, 2.05) is 0 Å². The smallest absolute Gasteiger partial charge is 0.313 e. The van der Waals surface area contributed by atoms with Crippen LogP contribution in [0.4, 0.5) is 11.8 Å². The molecule has 0 radical (unpaired) electrons. The van der Waals surface area contributed by atoms with Gasteiger partial charge in [0.25, 0.3) is 0 Å². The molecule has 0 bridgehead atoms. The predicted molar refractivity (Wildman–Crippen MR) is 97.9 cm³/mol. The van der Waals surface area contributed by atoms with Crippen LogP contribution in [0.5, 0.6) is 0 Å². The van der Waals surface area contributed by atoms with E-state index >= 15 is 0 Å². The lowest BCUT2D eigenvalue weighted by molar-refractivity contribution is -0.142. The van der Waals surface area contributed by atoms with Crippen LogP contribution in [0.25, 0.3) is 0 Å². The zero-order chi connectivity index (χ0) is 18.7. The normalized spacial score (nSPS) is 21.3. The number of methoxy groups -OCH3 is 1. The summed E-state index contributed by atoms with van der Waals surface area (Å²) < 4.78 is 10.7. The van der Waals surface area contributed by atoms with Crippen LogP contribution >= 0.6 is 0 Å². The second-order valence-electron chi connectivity index (χ2n) is 7.49. The molecule has 0 aliphatic carbocycles. The Morgan fingerprint density at radius 3 is 2.73 bits per heavy atom. The summed E-state index contributed by atoms with van der Waals surface area (Å²) in [6.07, 6.45) is 2.73. The standard InChI is InChI=1S/C18H28N4O4/c1-18(2,16(23)24)14-10-19-17(22-5-4-13(11-22)12-25-3)20-15(14)21-6-8-26-9-7-21/h10,13H,4-9,11-12H2,1-3H3,(H,23,24). The summed E-state index contributed by atoms with van der Waals surface area (Å²) >= 11 is 0. The van der Waals surface area contributed by atoms with Crippen LogP contribution in [0.3, 0.4) is 0 Å². The number of morpholine rings is 1. The minimum atomic E-state index is -1.06. The highest BCUT2D eigenvalue weighted by Gasteiger charge is 2.36. The summed E-state index contributed by atoms with van der Waals surface area (Å²) in [6.45, 7) is 8.51. The molecule has 1 N–H and O–H groups in total. The number of nitrogens with zero attached hydrogens (tertiary/aromatic N) is 4. The van der Waals surface area contributed by atoms with Crippen molar-refractivity contribution in [1.29, 1.82) is 0 Å². The minimum Gasteiger partial charge on any atom is -0.481 e. The molecule has 144 valence electrons. The van der Waals surface area contributed by atoms with Gasteiger partial charge in [-0.1, -0.05) is 0 Å². The van der Waals surface area contributed by atoms with Crippen LogP contribution in [-0.2, 0) is 19.7 Å². The van der Waals surface area contributed by atoms with Crippen LogP contribution in [-0.4, -0.2) is 74.2 Å². The van der Waals surface area contributed by atoms with Crippen molar-refractivity contribution in [3.8, 4) is 0 Å². The maximum atomic E-state index is 11.8. The van der Waals surface area contributed by atoms with E-state index in [0.29, 0.717) is 49.6 Å². The maximum Gasteiger partial charge on any atom is 0.313 e. The highest BCUT2D eigenvalue weighted by molar-refractivity contribution is 5.82. The summed E-state index contributed by atoms with van der Waals surface area (Å²) in [7, 11) is 1.72. The van der Waals surface area contributed by atoms with E-state index in [0.717, 1.165) is 26.1 Å². The van der Waals surface area contributed by atoms with Gasteiger partial charge in [0.05, 0.1) is 25.2 Å². The fourth-order valence-corrected chi connectivity index (χ4v) is 3.47. The van der Waals surface area contributed by atoms with E-state index in [-0.39, 0.29) is 0 Å². The third-order valence-electron chi connectivity index (χ3n) is 5.25. The fourth-order valence-electron chi connectivity index (χ4n) is 3.47. The number of aliphatic carboxylic acids is 1. The minimum absolute atomic E-state index is 0.477. The molecular formula is C18H28N4O4. The van der Waals surface area contributed by atoms with Crippen LogP contribution in [0.15, 0.2) is 6.20 Å². The molecule has 1 unspecified atom stereocenters. The number of carbonyl (C=O) groups is 1. The maximum absolute atomic E-state index is 11.8. The molecule has 8 heteroatoms. The molecular weight excluding hydrogens is 336 g/mol. The lowest BCUT2D eigenvalue weighted by Gasteiger charge is -2.33. The lowest BCUT2D eigenvalue weighted by atomic mass is 9.85. The van der Waals surface area contributed by atoms with Gasteiger partial charge in [-0.15, -0.1) is 0 Å². The molecule has 0 spiro atoms. The van der Waals surface area contributed by atoms with E-state index in [4.69, 9.17) is 14.5 Å². The molecule has 2 fully saturated rings. The van der Waals surface area contributed by atoms with Gasteiger partial charge in [-0.3, -0.25) is 4.79 Å². The van der Waals surface area contributed by atoms with E-state index in [2.05, 4.69) is 14.8 Å². The highest BCUT2D eigenvalue weighted by Crippen LogP contribution is 2.33. The zero-order valence-electron chi connectivity index (χ0n) is 15.8. The Labute approximate surface area is 154 Å². The summed E-state index contributed by atoms with van der Waals surface area (Å²) in [5.74, 6) is 0.964. The van der Waals surface area contributed by atoms with Gasteiger partial charge in [-0.25, -0.2) is 4.98 Å². The quantitative estimate of drug-likeness (QED) is 0.804. The number of aromatic nitrogens is 2. The molecule has 1 atom stereocenters. The largest absolute Gasteiger partial charge is 0.481 e. The number of carboxylic acid groups (broad SMARTS) is 1. The average molecular weight is 364 g/mol. The molecule has 8 nitrogen and oxygen atoms in total. The summed E-state index contributed by atoms with van der Waals surface area (Å²) in [5, 5.41) is 9.67. The summed E-state index contributed by atoms with van der Waals surface area (Å²) in [6, 6.07) is 0. The van der Waals surface area contributed by atoms with E-state index in [1.54, 1.807) is 27.2 Å². The lowest BCUT2D eigenvalue weighted by Crippen LogP contribution is -2.40. The van der Waals surface area contributed by atoms with Crippen molar-refractivity contribution >= 4 is 17.7 Å². The van der Waals surface area contributed by atoms with Crippen molar-refractivity contribution in [3.63, 3.8) is 0 Å². The number of rotatable bonds is 6. The van der Waals surface area contributed by atoms with Crippen LogP contribution in [0.1, 0.15) is 25.8 Å². The van der Waals surface area contributed by atoms with Crippen molar-refractivity contribution in [2.45, 2.75) is 25.7 Å². The first-order valence-electron chi connectivity index (χ1n) is 9.11. The first-order valence-corrected chi connectivity index (χ1v) is 9.11. The first-order chi connectivity index (χ1) is 12.4. The van der Waals surface area contributed by atoms with Crippen molar-refractivity contribution in [3.05, 3.63) is 11.8 Å². The first kappa shape index (κ1) is 18.8. The van der Waals surface area contributed by atoms with Gasteiger partial charge in [-0.05, 0) is 20.3 Å². The third-order valence-corrected chi connectivity index (χ3v) is 5.25. The monoisotopic (exact) mass is 364 g/mol. The van der Waals surface area contributed by atoms with Gasteiger partial charge < -0.3 is 24.4 Å². The average Bonchev–Trinajstić information content (AvgIpc) is 3.11. The molecule has 3 heterocycles. The topological polar surface area (TPSA) is 88.0 Å². The van der Waals surface area contributed by atoms with Gasteiger partial charge >= 0.3 is 5.97 Å². The molecule has 0 amide bonds. The van der Waals surface area contributed by atoms with Gasteiger partial charge in [-0.2, -0.15) is 4.98 Å². The van der Waals surface area contributed by atoms with Gasteiger partial charge in [0.1, 0.15) is 5.82 Å². The van der Waals surface area contributed by atoms with Gasteiger partial charge in [0.15, 0.2) is 0 Å². The molecule has 0 saturated carbocycles. The molecule has 2 aliphatic heterocycles. The Morgan fingerprint density at radius 2 is 2.08 bits per heavy atom. The van der Waals surface area contributed by atoms with E-state index in [9.17, 15) is 9.90 Å². The van der Waals surface area contributed by atoms with Crippen LogP contribution in [0.2, 0.25) is 0 Å². The van der Waals surface area contributed by atoms with Gasteiger partial charge in [0, 0.05) is 51.0 Å². The Hall–Kier alpha value is -1.93. The number of hydrogen-bond donors (Lipinski definition) is 1. The predicted octanol–water partition coefficient (Wildman–Crippen LogP) is 1.15. The second kappa shape index (κ2) is 7.75.